The van der Waals surface area contributed by atoms with Crippen molar-refractivity contribution in [1.82, 2.24) is 0 Å². The highest BCUT2D eigenvalue weighted by Gasteiger charge is 2.79. The fraction of sp³-hybridized carbons (Fsp3) is 0.795. The van der Waals surface area contributed by atoms with Gasteiger partial charge in [-0.15, -0.1) is 0 Å². The van der Waals surface area contributed by atoms with Crippen LogP contribution in [0.3, 0.4) is 0 Å². The summed E-state index contributed by atoms with van der Waals surface area (Å²) in [5.41, 5.74) is -4.98. The standard InChI is InChI=1S/C35H46O11.C2H4O2.C2H6/c1-15(2)10-24(37)44-21-8-7-9-35(42)29(39)28(43-16(3)36)26-18-13-20-27-17(11-22-33(20,5)30(40)31(41)46-22)12-25(38)45-23(32(18,27)4)14-19(26)34(21,35)6;1-2(3)4;1-2/h11,15,17-21,23,26-28,30,40,42H,7-10,12-14H2,1-6H3;1H3,(H,3,4);1-2H3/t17-,18?,19?,20?,21?,23?,26?,27?,28?,30?,32?,33?,34?,35?;;/m0../s1. The van der Waals surface area contributed by atoms with E-state index in [1.54, 1.807) is 0 Å². The lowest BCUT2D eigenvalue weighted by Crippen LogP contribution is -2.75. The van der Waals surface area contributed by atoms with Crippen molar-refractivity contribution in [3.8, 4) is 0 Å². The predicted octanol–water partition coefficient (Wildman–Crippen LogP) is 4.15. The molecule has 0 amide bonds. The van der Waals surface area contributed by atoms with Gasteiger partial charge in [-0.3, -0.25) is 24.0 Å². The van der Waals surface area contributed by atoms with Crippen LogP contribution in [0.1, 0.15) is 107 Å². The second-order valence-electron chi connectivity index (χ2n) is 16.8. The minimum atomic E-state index is -1.95. The molecule has 4 saturated carbocycles. The van der Waals surface area contributed by atoms with Crippen LogP contribution in [0.5, 0.6) is 0 Å². The summed E-state index contributed by atoms with van der Waals surface area (Å²) in [7, 11) is 0. The van der Waals surface area contributed by atoms with Gasteiger partial charge in [-0.1, -0.05) is 41.5 Å². The Hall–Kier alpha value is -3.32. The molecule has 6 fully saturated rings. The molecule has 13 unspecified atom stereocenters. The van der Waals surface area contributed by atoms with Gasteiger partial charge in [0, 0.05) is 37.0 Å². The summed E-state index contributed by atoms with van der Waals surface area (Å²) < 4.78 is 23.9. The second kappa shape index (κ2) is 13.8. The van der Waals surface area contributed by atoms with E-state index in [0.717, 1.165) is 6.92 Å². The van der Waals surface area contributed by atoms with Gasteiger partial charge < -0.3 is 34.3 Å². The summed E-state index contributed by atoms with van der Waals surface area (Å²) in [4.78, 5) is 75.6. The Kier molecular flexibility index (Phi) is 10.6. The van der Waals surface area contributed by atoms with E-state index in [1.807, 2.05) is 47.6 Å². The highest BCUT2D eigenvalue weighted by molar-refractivity contribution is 5.95. The maximum absolute atomic E-state index is 14.6. The van der Waals surface area contributed by atoms with Gasteiger partial charge >= 0.3 is 23.9 Å². The number of Topliss-reactive ketones (excluding diaryl/α,β-unsaturated/α-hetero) is 1. The smallest absolute Gasteiger partial charge is 0.341 e. The second-order valence-corrected chi connectivity index (χ2v) is 16.8. The molecule has 290 valence electrons. The molecule has 0 radical (unpaired) electrons. The van der Waals surface area contributed by atoms with Crippen molar-refractivity contribution in [2.45, 2.75) is 137 Å². The van der Waals surface area contributed by atoms with E-state index in [1.165, 1.54) is 6.92 Å². The Morgan fingerprint density at radius 2 is 1.63 bits per heavy atom. The predicted molar refractivity (Wildman–Crippen MR) is 183 cm³/mol. The lowest BCUT2D eigenvalue weighted by atomic mass is 9.40. The molecule has 0 aromatic heterocycles. The van der Waals surface area contributed by atoms with E-state index in [-0.39, 0.29) is 61.2 Å². The normalized spacial score (nSPS) is 45.0. The first-order chi connectivity index (χ1) is 24.2. The molecule has 0 aromatic carbocycles. The number of ether oxygens (including phenoxy) is 4. The van der Waals surface area contributed by atoms with E-state index in [2.05, 4.69) is 6.92 Å². The van der Waals surface area contributed by atoms with Crippen LogP contribution in [-0.2, 0) is 47.7 Å². The van der Waals surface area contributed by atoms with Crippen LogP contribution in [-0.4, -0.2) is 81.0 Å². The van der Waals surface area contributed by atoms with Gasteiger partial charge in [-0.25, -0.2) is 4.79 Å². The molecule has 5 aliphatic carbocycles. The first kappa shape index (κ1) is 39.9. The number of ketones is 1. The van der Waals surface area contributed by atoms with Crippen LogP contribution in [0, 0.1) is 57.7 Å². The summed E-state index contributed by atoms with van der Waals surface area (Å²) in [6.45, 7) is 15.9. The Morgan fingerprint density at radius 1 is 1.00 bits per heavy atom. The minimum absolute atomic E-state index is 0.0501. The third kappa shape index (κ3) is 5.70. The summed E-state index contributed by atoms with van der Waals surface area (Å²) in [6.07, 6.45) is -0.264. The highest BCUT2D eigenvalue weighted by Crippen LogP contribution is 2.75. The number of aliphatic carboxylic acids is 1. The van der Waals surface area contributed by atoms with E-state index < -0.39 is 87.8 Å². The number of esters is 4. The molecule has 7 rings (SSSR count). The number of carboxylic acid groups (broad SMARTS) is 1. The number of rotatable bonds is 4. The molecule has 0 spiro atoms. The van der Waals surface area contributed by atoms with E-state index in [4.69, 9.17) is 28.8 Å². The lowest BCUT2D eigenvalue weighted by Gasteiger charge is -2.66. The third-order valence-electron chi connectivity index (χ3n) is 13.8. The maximum Gasteiger partial charge on any atom is 0.341 e. The van der Waals surface area contributed by atoms with Gasteiger partial charge in [0.15, 0.2) is 12.2 Å². The van der Waals surface area contributed by atoms with Crippen LogP contribution < -0.4 is 0 Å². The molecular formula is C39H56O13. The SMILES string of the molecule is CC.CC(=O)O.CC(=O)OC1C(=O)C2(O)CCCC(OC(=O)CC(C)C)C2(C)C2CC3OC(=O)C[C@@H]4C=C5OC(=O)C(O)C5(C)C5CC(C12)C3(C)C54. The minimum Gasteiger partial charge on any atom is -0.481 e. The number of allylic oxidation sites excluding steroid dienone is 1. The molecule has 7 aliphatic rings. The number of carbonyl (C=O) groups excluding carboxylic acids is 5. The number of aliphatic hydroxyl groups excluding tert-OH is 1. The van der Waals surface area contributed by atoms with E-state index in [9.17, 15) is 34.2 Å². The van der Waals surface area contributed by atoms with Gasteiger partial charge in [0.2, 0.25) is 5.78 Å². The quantitative estimate of drug-likeness (QED) is 0.275. The number of hydrogen-bond acceptors (Lipinski definition) is 12. The molecule has 0 bridgehead atoms. The lowest BCUT2D eigenvalue weighted by molar-refractivity contribution is -0.267. The molecule has 2 aliphatic heterocycles. The van der Waals surface area contributed by atoms with Crippen LogP contribution in [0.15, 0.2) is 11.8 Å². The zero-order chi connectivity index (χ0) is 38.9. The van der Waals surface area contributed by atoms with Crippen molar-refractivity contribution in [3.05, 3.63) is 11.8 Å². The summed E-state index contributed by atoms with van der Waals surface area (Å²) in [6, 6.07) is 0. The molecule has 13 heteroatoms. The van der Waals surface area contributed by atoms with Crippen molar-refractivity contribution in [3.63, 3.8) is 0 Å². The Morgan fingerprint density at radius 3 is 2.23 bits per heavy atom. The zero-order valence-electron chi connectivity index (χ0n) is 31.8. The first-order valence-corrected chi connectivity index (χ1v) is 18.9. The summed E-state index contributed by atoms with van der Waals surface area (Å²) in [5, 5.41) is 31.1. The molecule has 14 atom stereocenters. The number of carboxylic acids is 1. The molecule has 52 heavy (non-hydrogen) atoms. The summed E-state index contributed by atoms with van der Waals surface area (Å²) >= 11 is 0. The third-order valence-corrected chi connectivity index (χ3v) is 13.8. The molecule has 2 saturated heterocycles. The number of fused-ring (bicyclic) bond motifs is 6. The van der Waals surface area contributed by atoms with E-state index in [0.29, 0.717) is 25.0 Å². The summed E-state index contributed by atoms with van der Waals surface area (Å²) in [5.74, 6) is -5.50. The van der Waals surface area contributed by atoms with Crippen LogP contribution >= 0.6 is 0 Å². The molecule has 3 N–H and O–H groups in total. The number of carbonyl (C=O) groups is 6. The number of hydrogen-bond donors (Lipinski definition) is 3. The molecule has 2 heterocycles. The average Bonchev–Trinajstić information content (AvgIpc) is 3.44. The number of aliphatic hydroxyl groups is 2. The zero-order valence-corrected chi connectivity index (χ0v) is 31.8. The van der Waals surface area contributed by atoms with E-state index >= 15 is 0 Å². The topological polar surface area (TPSA) is 200 Å². The Balaban J connectivity index is 0.000000817. The van der Waals surface area contributed by atoms with Crippen molar-refractivity contribution >= 4 is 35.6 Å². The van der Waals surface area contributed by atoms with Crippen LogP contribution in [0.4, 0.5) is 0 Å². The van der Waals surface area contributed by atoms with Crippen LogP contribution in [0.25, 0.3) is 0 Å². The monoisotopic (exact) mass is 732 g/mol. The van der Waals surface area contributed by atoms with Gasteiger partial charge in [0.25, 0.3) is 5.97 Å². The Labute approximate surface area is 305 Å². The molecular weight excluding hydrogens is 676 g/mol. The molecule has 0 aromatic rings. The van der Waals surface area contributed by atoms with Gasteiger partial charge in [-0.2, -0.15) is 0 Å². The van der Waals surface area contributed by atoms with Gasteiger partial charge in [0.1, 0.15) is 23.6 Å². The fourth-order valence-electron chi connectivity index (χ4n) is 11.8. The van der Waals surface area contributed by atoms with Crippen molar-refractivity contribution < 1.29 is 63.0 Å². The van der Waals surface area contributed by atoms with Crippen molar-refractivity contribution in [2.24, 2.45) is 57.7 Å². The van der Waals surface area contributed by atoms with Gasteiger partial charge in [-0.05, 0) is 80.6 Å². The first-order valence-electron chi connectivity index (χ1n) is 18.9. The maximum atomic E-state index is 14.6. The highest BCUT2D eigenvalue weighted by atomic mass is 16.6. The average molecular weight is 733 g/mol. The fourth-order valence-corrected chi connectivity index (χ4v) is 11.8. The Bertz CT molecular complexity index is 1530. The van der Waals surface area contributed by atoms with Crippen molar-refractivity contribution in [2.75, 3.05) is 0 Å². The van der Waals surface area contributed by atoms with Crippen molar-refractivity contribution in [1.29, 1.82) is 0 Å². The molecule has 13 nitrogen and oxygen atoms in total. The van der Waals surface area contributed by atoms with Crippen LogP contribution in [0.2, 0.25) is 0 Å². The van der Waals surface area contributed by atoms with Gasteiger partial charge in [0.05, 0.1) is 11.8 Å². The largest absolute Gasteiger partial charge is 0.481 e.